The van der Waals surface area contributed by atoms with Crippen molar-refractivity contribution in [1.29, 1.82) is 0 Å². The molecule has 6 nitrogen and oxygen atoms in total. The molecule has 0 aromatic carbocycles. The van der Waals surface area contributed by atoms with E-state index in [1.54, 1.807) is 0 Å². The Morgan fingerprint density at radius 2 is 2.36 bits per heavy atom. The van der Waals surface area contributed by atoms with Crippen molar-refractivity contribution in [1.82, 2.24) is 24.9 Å². The highest BCUT2D eigenvalue weighted by Crippen LogP contribution is 2.27. The Kier molecular flexibility index (Phi) is 4.81. The van der Waals surface area contributed by atoms with Crippen molar-refractivity contribution >= 4 is 11.6 Å². The number of aryl methyl sites for hydroxylation is 1. The topological polar surface area (TPSA) is 70.0 Å². The van der Waals surface area contributed by atoms with Gasteiger partial charge in [-0.3, -0.25) is 14.7 Å². The third-order valence-corrected chi connectivity index (χ3v) is 4.73. The van der Waals surface area contributed by atoms with Crippen LogP contribution in [-0.2, 0) is 13.1 Å². The summed E-state index contributed by atoms with van der Waals surface area (Å²) in [7, 11) is 0. The summed E-state index contributed by atoms with van der Waals surface area (Å²) in [5, 5.41) is 21.5. The molecule has 0 aliphatic carbocycles. The maximum atomic E-state index is 8.98. The summed E-state index contributed by atoms with van der Waals surface area (Å²) in [6.45, 7) is 5.42. The van der Waals surface area contributed by atoms with Gasteiger partial charge in [-0.15, -0.1) is 0 Å². The monoisotopic (exact) mass is 323 g/mol. The van der Waals surface area contributed by atoms with Crippen LogP contribution in [0.25, 0.3) is 0 Å². The van der Waals surface area contributed by atoms with Gasteiger partial charge >= 0.3 is 0 Å². The van der Waals surface area contributed by atoms with Crippen molar-refractivity contribution in [3.05, 3.63) is 34.4 Å². The highest BCUT2D eigenvalue weighted by Gasteiger charge is 2.24. The molecular weight excluding hydrogens is 302 g/mol. The molecule has 2 aromatic rings. The molecule has 0 unspecified atom stereocenters. The van der Waals surface area contributed by atoms with Gasteiger partial charge in [0.05, 0.1) is 35.3 Å². The normalized spacial score (nSPS) is 19.7. The molecule has 1 atom stereocenters. The molecule has 2 N–H and O–H groups in total. The molecule has 0 saturated carbocycles. The first-order valence-corrected chi connectivity index (χ1v) is 8.11. The number of rotatable bonds is 5. The fraction of sp³-hybridized carbons (Fsp3) is 0.600. The molecule has 120 valence electrons. The summed E-state index contributed by atoms with van der Waals surface area (Å²) < 4.78 is 1.81. The first-order valence-electron chi connectivity index (χ1n) is 7.73. The minimum atomic E-state index is 0.120. The van der Waals surface area contributed by atoms with Gasteiger partial charge in [0.2, 0.25) is 0 Å². The Labute approximate surface area is 135 Å². The predicted octanol–water partition coefficient (Wildman–Crippen LogP) is 1.94. The minimum absolute atomic E-state index is 0.120. The van der Waals surface area contributed by atoms with Crippen LogP contribution in [0.5, 0.6) is 0 Å². The molecule has 0 radical (unpaired) electrons. The van der Waals surface area contributed by atoms with Gasteiger partial charge in [-0.1, -0.05) is 11.6 Å². The number of H-pyrrole nitrogens is 1. The number of hydrogen-bond donors (Lipinski definition) is 2. The fourth-order valence-electron chi connectivity index (χ4n) is 3.05. The van der Waals surface area contributed by atoms with Crippen LogP contribution >= 0.6 is 11.6 Å². The van der Waals surface area contributed by atoms with E-state index in [-0.39, 0.29) is 6.61 Å². The lowest BCUT2D eigenvalue weighted by atomic mass is 9.95. The second-order valence-corrected chi connectivity index (χ2v) is 6.29. The van der Waals surface area contributed by atoms with Gasteiger partial charge in [-0.05, 0) is 32.4 Å². The summed E-state index contributed by atoms with van der Waals surface area (Å²) in [5.41, 5.74) is 2.96. The van der Waals surface area contributed by atoms with E-state index in [1.165, 1.54) is 0 Å². The van der Waals surface area contributed by atoms with Crippen LogP contribution in [0.2, 0.25) is 5.02 Å². The number of hydrogen-bond acceptors (Lipinski definition) is 4. The van der Waals surface area contributed by atoms with Crippen molar-refractivity contribution in [2.75, 3.05) is 19.7 Å². The molecule has 7 heteroatoms. The van der Waals surface area contributed by atoms with Crippen molar-refractivity contribution in [2.24, 2.45) is 0 Å². The highest BCUT2D eigenvalue weighted by atomic mass is 35.5. The van der Waals surface area contributed by atoms with Crippen LogP contribution in [-0.4, -0.2) is 49.7 Å². The number of aromatic amines is 1. The van der Waals surface area contributed by atoms with E-state index in [0.717, 1.165) is 54.6 Å². The average molecular weight is 324 g/mol. The van der Waals surface area contributed by atoms with Crippen LogP contribution < -0.4 is 0 Å². The zero-order valence-electron chi connectivity index (χ0n) is 12.8. The Hall–Kier alpha value is -1.37. The smallest absolute Gasteiger partial charge is 0.0951 e. The van der Waals surface area contributed by atoms with Gasteiger partial charge in [0.25, 0.3) is 0 Å². The molecule has 0 spiro atoms. The summed E-state index contributed by atoms with van der Waals surface area (Å²) in [5.74, 6) is 0.438. The van der Waals surface area contributed by atoms with Gasteiger partial charge in [0.15, 0.2) is 0 Å². The molecule has 1 fully saturated rings. The molecule has 3 heterocycles. The zero-order chi connectivity index (χ0) is 15.5. The number of aromatic nitrogens is 4. The second-order valence-electron chi connectivity index (χ2n) is 5.91. The molecule has 3 rings (SSSR count). The number of likely N-dealkylation sites (tertiary alicyclic amines) is 1. The zero-order valence-corrected chi connectivity index (χ0v) is 13.6. The summed E-state index contributed by atoms with van der Waals surface area (Å²) in [4.78, 5) is 2.39. The van der Waals surface area contributed by atoms with Crippen molar-refractivity contribution in [3.8, 4) is 0 Å². The molecule has 1 saturated heterocycles. The molecule has 0 bridgehead atoms. The lowest BCUT2D eigenvalue weighted by Gasteiger charge is -2.31. The first kappa shape index (κ1) is 15.5. The lowest BCUT2D eigenvalue weighted by molar-refractivity contribution is 0.195. The second kappa shape index (κ2) is 6.81. The number of piperidine rings is 1. The number of aliphatic hydroxyl groups excluding tert-OH is 1. The Bertz CT molecular complexity index is 623. The SMILES string of the molecule is Cc1[nH]nc(CN2CCC[C@@H](c3ccn(CCO)n3)C2)c1Cl. The van der Waals surface area contributed by atoms with E-state index in [4.69, 9.17) is 16.7 Å². The summed E-state index contributed by atoms with van der Waals surface area (Å²) in [6.07, 6.45) is 4.25. The summed E-state index contributed by atoms with van der Waals surface area (Å²) >= 11 is 6.26. The van der Waals surface area contributed by atoms with Gasteiger partial charge in [-0.2, -0.15) is 10.2 Å². The van der Waals surface area contributed by atoms with Crippen molar-refractivity contribution in [2.45, 2.75) is 38.8 Å². The predicted molar refractivity (Wildman–Crippen MR) is 84.9 cm³/mol. The summed E-state index contributed by atoms with van der Waals surface area (Å²) in [6, 6.07) is 2.06. The molecular formula is C15H22ClN5O. The lowest BCUT2D eigenvalue weighted by Crippen LogP contribution is -2.34. The Morgan fingerprint density at radius 1 is 1.50 bits per heavy atom. The third kappa shape index (κ3) is 3.34. The van der Waals surface area contributed by atoms with Crippen LogP contribution in [0.4, 0.5) is 0 Å². The minimum Gasteiger partial charge on any atom is -0.394 e. The van der Waals surface area contributed by atoms with E-state index in [0.29, 0.717) is 12.5 Å². The average Bonchev–Trinajstić information content (AvgIpc) is 3.10. The van der Waals surface area contributed by atoms with Gasteiger partial charge in [0, 0.05) is 25.2 Å². The van der Waals surface area contributed by atoms with Crippen LogP contribution in [0.15, 0.2) is 12.3 Å². The quantitative estimate of drug-likeness (QED) is 0.882. The van der Waals surface area contributed by atoms with Gasteiger partial charge in [0.1, 0.15) is 0 Å². The van der Waals surface area contributed by atoms with Gasteiger partial charge in [-0.25, -0.2) is 0 Å². The Balaban J connectivity index is 1.64. The molecule has 1 aliphatic rings. The van der Waals surface area contributed by atoms with E-state index in [9.17, 15) is 0 Å². The first-order chi connectivity index (χ1) is 10.7. The number of nitrogens with zero attached hydrogens (tertiary/aromatic N) is 4. The number of aliphatic hydroxyl groups is 1. The largest absolute Gasteiger partial charge is 0.394 e. The Morgan fingerprint density at radius 3 is 3.09 bits per heavy atom. The number of halogens is 1. The highest BCUT2D eigenvalue weighted by molar-refractivity contribution is 6.31. The van der Waals surface area contributed by atoms with Crippen molar-refractivity contribution < 1.29 is 5.11 Å². The van der Waals surface area contributed by atoms with E-state index < -0.39 is 0 Å². The third-order valence-electron chi connectivity index (χ3n) is 4.23. The fourth-order valence-corrected chi connectivity index (χ4v) is 3.19. The van der Waals surface area contributed by atoms with Crippen LogP contribution in [0, 0.1) is 6.92 Å². The molecule has 22 heavy (non-hydrogen) atoms. The maximum absolute atomic E-state index is 8.98. The van der Waals surface area contributed by atoms with E-state index in [1.807, 2.05) is 17.8 Å². The van der Waals surface area contributed by atoms with E-state index >= 15 is 0 Å². The van der Waals surface area contributed by atoms with E-state index in [2.05, 4.69) is 26.3 Å². The van der Waals surface area contributed by atoms with Crippen LogP contribution in [0.3, 0.4) is 0 Å². The standard InChI is InChI=1S/C15H22ClN5O/c1-11-15(16)14(18-17-11)10-20-5-2-3-12(9-20)13-4-6-21(19-13)7-8-22/h4,6,12,22H,2-3,5,7-10H2,1H3,(H,17,18)/t12-/m1/s1. The van der Waals surface area contributed by atoms with Gasteiger partial charge < -0.3 is 5.11 Å². The number of nitrogens with one attached hydrogen (secondary N) is 1. The molecule has 1 aliphatic heterocycles. The van der Waals surface area contributed by atoms with Crippen molar-refractivity contribution in [3.63, 3.8) is 0 Å². The molecule has 2 aromatic heterocycles. The maximum Gasteiger partial charge on any atom is 0.0951 e. The van der Waals surface area contributed by atoms with Crippen LogP contribution in [0.1, 0.15) is 35.8 Å². The molecule has 0 amide bonds.